The van der Waals surface area contributed by atoms with Gasteiger partial charge in [-0.15, -0.1) is 0 Å². The molecule has 0 aliphatic rings. The van der Waals surface area contributed by atoms with Crippen molar-refractivity contribution in [2.45, 2.75) is 0 Å². The van der Waals surface area contributed by atoms with Gasteiger partial charge in [-0.05, 0) is 17.5 Å². The van der Waals surface area contributed by atoms with Crippen molar-refractivity contribution in [2.75, 3.05) is 0 Å². The normalized spacial score (nSPS) is 10.4. The highest BCUT2D eigenvalue weighted by atomic mass is 19.1. The largest absolute Gasteiger partial charge is 0.293 e. The Bertz CT molecular complexity index is 572. The fraction of sp³-hybridized carbons (Fsp3) is 0. The summed E-state index contributed by atoms with van der Waals surface area (Å²) in [5, 5.41) is 8.53. The number of nitrogens with one attached hydrogen (secondary N) is 1. The van der Waals surface area contributed by atoms with Gasteiger partial charge in [0.15, 0.2) is 0 Å². The summed E-state index contributed by atoms with van der Waals surface area (Å²) in [5.74, 6) is -2.59. The van der Waals surface area contributed by atoms with Gasteiger partial charge in [0.05, 0.1) is 0 Å². The third-order valence-corrected chi connectivity index (χ3v) is 2.10. The second kappa shape index (κ2) is 3.82. The van der Waals surface area contributed by atoms with Crippen LogP contribution in [0.1, 0.15) is 10.5 Å². The number of hydrogen-bond donors (Lipinski definition) is 2. The summed E-state index contributed by atoms with van der Waals surface area (Å²) in [6.45, 7) is 0. The van der Waals surface area contributed by atoms with Crippen LogP contribution in [0, 0.1) is 11.6 Å². The van der Waals surface area contributed by atoms with E-state index in [-0.39, 0.29) is 16.5 Å². The van der Waals surface area contributed by atoms with Crippen molar-refractivity contribution in [3.63, 3.8) is 0 Å². The van der Waals surface area contributed by atoms with Crippen LogP contribution in [-0.4, -0.2) is 16.1 Å². The Labute approximate surface area is 88.5 Å². The van der Waals surface area contributed by atoms with E-state index in [9.17, 15) is 13.6 Å². The maximum Gasteiger partial charge on any atom is 0.293 e. The average molecular weight is 224 g/mol. The van der Waals surface area contributed by atoms with E-state index >= 15 is 0 Å². The van der Waals surface area contributed by atoms with E-state index in [2.05, 4.69) is 4.98 Å². The molecule has 0 unspecified atom stereocenters. The molecule has 0 radical (unpaired) electrons. The van der Waals surface area contributed by atoms with Crippen LogP contribution in [0.2, 0.25) is 0 Å². The van der Waals surface area contributed by atoms with Crippen molar-refractivity contribution in [1.82, 2.24) is 10.5 Å². The molecule has 0 fully saturated rings. The molecule has 1 heterocycles. The van der Waals surface area contributed by atoms with Gasteiger partial charge in [0.2, 0.25) is 0 Å². The number of benzene rings is 1. The molecule has 16 heavy (non-hydrogen) atoms. The number of rotatable bonds is 1. The lowest BCUT2D eigenvalue weighted by atomic mass is 10.1. The number of carbonyl (C=O) groups is 1. The third kappa shape index (κ3) is 1.59. The number of hydroxylamine groups is 1. The van der Waals surface area contributed by atoms with Crippen molar-refractivity contribution < 1.29 is 18.8 Å². The Morgan fingerprint density at radius 2 is 2.12 bits per heavy atom. The maximum absolute atomic E-state index is 13.5. The SMILES string of the molecule is O=C(NO)c1nccc2cc(F)cc(F)c12. The fourth-order valence-electron chi connectivity index (χ4n) is 1.46. The molecule has 0 spiro atoms. The molecule has 0 aliphatic heterocycles. The lowest BCUT2D eigenvalue weighted by Gasteiger charge is -2.04. The van der Waals surface area contributed by atoms with Crippen molar-refractivity contribution in [1.29, 1.82) is 0 Å². The molecule has 0 aliphatic carbocycles. The van der Waals surface area contributed by atoms with Gasteiger partial charge in [-0.2, -0.15) is 0 Å². The molecule has 2 rings (SSSR count). The van der Waals surface area contributed by atoms with E-state index in [0.29, 0.717) is 6.07 Å². The molecule has 4 nitrogen and oxygen atoms in total. The van der Waals surface area contributed by atoms with Gasteiger partial charge < -0.3 is 0 Å². The van der Waals surface area contributed by atoms with E-state index in [1.807, 2.05) is 0 Å². The van der Waals surface area contributed by atoms with E-state index in [1.165, 1.54) is 17.7 Å². The highest BCUT2D eigenvalue weighted by Crippen LogP contribution is 2.21. The monoisotopic (exact) mass is 224 g/mol. The first-order valence-corrected chi connectivity index (χ1v) is 4.31. The fourth-order valence-corrected chi connectivity index (χ4v) is 1.46. The predicted octanol–water partition coefficient (Wildman–Crippen LogP) is 1.63. The number of pyridine rings is 1. The summed E-state index contributed by atoms with van der Waals surface area (Å²) in [6, 6.07) is 3.10. The van der Waals surface area contributed by atoms with Gasteiger partial charge >= 0.3 is 0 Å². The molecule has 2 aromatic rings. The topological polar surface area (TPSA) is 62.2 Å². The van der Waals surface area contributed by atoms with Gasteiger partial charge in [-0.25, -0.2) is 14.3 Å². The summed E-state index contributed by atoms with van der Waals surface area (Å²) in [5.41, 5.74) is 1.06. The van der Waals surface area contributed by atoms with E-state index < -0.39 is 17.5 Å². The van der Waals surface area contributed by atoms with Gasteiger partial charge in [0.25, 0.3) is 5.91 Å². The van der Waals surface area contributed by atoms with Gasteiger partial charge in [0.1, 0.15) is 17.3 Å². The lowest BCUT2D eigenvalue weighted by molar-refractivity contribution is 0.0702. The number of nitrogens with zero attached hydrogens (tertiary/aromatic N) is 1. The Balaban J connectivity index is 2.81. The van der Waals surface area contributed by atoms with Crippen LogP contribution < -0.4 is 5.48 Å². The Hall–Kier alpha value is -2.08. The summed E-state index contributed by atoms with van der Waals surface area (Å²) in [7, 11) is 0. The van der Waals surface area contributed by atoms with Crippen molar-refractivity contribution >= 4 is 16.7 Å². The van der Waals surface area contributed by atoms with Gasteiger partial charge in [-0.3, -0.25) is 15.0 Å². The van der Waals surface area contributed by atoms with Crippen LogP contribution in [0.3, 0.4) is 0 Å². The Morgan fingerprint density at radius 3 is 2.81 bits per heavy atom. The van der Waals surface area contributed by atoms with Crippen LogP contribution in [0.25, 0.3) is 10.8 Å². The second-order valence-corrected chi connectivity index (χ2v) is 3.09. The minimum Gasteiger partial charge on any atom is -0.288 e. The molecule has 0 atom stereocenters. The standard InChI is InChI=1S/C10H6F2N2O2/c11-6-3-5-1-2-13-9(10(15)14-16)8(5)7(12)4-6/h1-4,16H,(H,14,15). The van der Waals surface area contributed by atoms with Crippen LogP contribution in [-0.2, 0) is 0 Å². The predicted molar refractivity (Wildman–Crippen MR) is 50.9 cm³/mol. The van der Waals surface area contributed by atoms with E-state index in [4.69, 9.17) is 5.21 Å². The molecule has 0 saturated carbocycles. The smallest absolute Gasteiger partial charge is 0.288 e. The maximum atomic E-state index is 13.5. The van der Waals surface area contributed by atoms with E-state index in [0.717, 1.165) is 6.07 Å². The summed E-state index contributed by atoms with van der Waals surface area (Å²) >= 11 is 0. The number of halogens is 2. The highest BCUT2D eigenvalue weighted by molar-refractivity contribution is 6.04. The molecule has 1 aromatic carbocycles. The van der Waals surface area contributed by atoms with Crippen LogP contribution in [0.4, 0.5) is 8.78 Å². The van der Waals surface area contributed by atoms with Crippen LogP contribution in [0.15, 0.2) is 24.4 Å². The molecule has 82 valence electrons. The number of aromatic nitrogens is 1. The number of hydrogen-bond acceptors (Lipinski definition) is 3. The molecule has 1 aromatic heterocycles. The number of fused-ring (bicyclic) bond motifs is 1. The summed E-state index contributed by atoms with van der Waals surface area (Å²) < 4.78 is 26.4. The van der Waals surface area contributed by atoms with Crippen LogP contribution >= 0.6 is 0 Å². The number of carbonyl (C=O) groups excluding carboxylic acids is 1. The van der Waals surface area contributed by atoms with Crippen molar-refractivity contribution in [2.24, 2.45) is 0 Å². The quantitative estimate of drug-likeness (QED) is 0.571. The van der Waals surface area contributed by atoms with Gasteiger partial charge in [0, 0.05) is 17.6 Å². The van der Waals surface area contributed by atoms with E-state index in [1.54, 1.807) is 0 Å². The zero-order valence-corrected chi connectivity index (χ0v) is 7.87. The molecular formula is C10H6F2N2O2. The first-order chi connectivity index (χ1) is 7.63. The van der Waals surface area contributed by atoms with Crippen LogP contribution in [0.5, 0.6) is 0 Å². The minimum atomic E-state index is -0.948. The van der Waals surface area contributed by atoms with Crippen molar-refractivity contribution in [3.05, 3.63) is 41.7 Å². The molecule has 2 N–H and O–H groups in total. The first kappa shape index (κ1) is 10.4. The summed E-state index contributed by atoms with van der Waals surface area (Å²) in [4.78, 5) is 14.8. The second-order valence-electron chi connectivity index (χ2n) is 3.09. The zero-order valence-electron chi connectivity index (χ0n) is 7.87. The first-order valence-electron chi connectivity index (χ1n) is 4.31. The minimum absolute atomic E-state index is 0.129. The van der Waals surface area contributed by atoms with Gasteiger partial charge in [-0.1, -0.05) is 0 Å². The molecule has 6 heteroatoms. The zero-order chi connectivity index (χ0) is 11.7. The summed E-state index contributed by atoms with van der Waals surface area (Å²) in [6.07, 6.45) is 1.23. The third-order valence-electron chi connectivity index (χ3n) is 2.10. The van der Waals surface area contributed by atoms with Crippen molar-refractivity contribution in [3.8, 4) is 0 Å². The Kier molecular flexibility index (Phi) is 2.49. The average Bonchev–Trinajstić information content (AvgIpc) is 2.26. The Morgan fingerprint density at radius 1 is 1.38 bits per heavy atom. The molecule has 0 bridgehead atoms. The number of amides is 1. The molecule has 0 saturated heterocycles. The molecule has 1 amide bonds. The molecular weight excluding hydrogens is 218 g/mol. The lowest BCUT2D eigenvalue weighted by Crippen LogP contribution is -2.20. The highest BCUT2D eigenvalue weighted by Gasteiger charge is 2.15.